The zero-order valence-corrected chi connectivity index (χ0v) is 33.7. The summed E-state index contributed by atoms with van der Waals surface area (Å²) in [5.41, 5.74) is -1.66. The quantitative estimate of drug-likeness (QED) is 0.130. The molecule has 2 rings (SSSR count). The number of benzene rings is 1. The molecule has 11 heteroatoms. The molecule has 1 aliphatic rings. The number of amides is 2. The molecular weight excluding hydrogens is 652 g/mol. The summed E-state index contributed by atoms with van der Waals surface area (Å²) < 4.78 is 29.5. The third kappa shape index (κ3) is 12.3. The van der Waals surface area contributed by atoms with Crippen LogP contribution in [-0.4, -0.2) is 85.4 Å². The molecule has 2 unspecified atom stereocenters. The van der Waals surface area contributed by atoms with E-state index in [4.69, 9.17) is 23.7 Å². The zero-order chi connectivity index (χ0) is 38.7. The maximum Gasteiger partial charge on any atom is 0.412 e. The minimum absolute atomic E-state index is 0.0528. The smallest absolute Gasteiger partial charge is 0.412 e. The second-order valence-electron chi connectivity index (χ2n) is 16.2. The summed E-state index contributed by atoms with van der Waals surface area (Å²) in [5, 5.41) is 12.9. The van der Waals surface area contributed by atoms with Gasteiger partial charge in [-0.3, -0.25) is 14.5 Å². The van der Waals surface area contributed by atoms with Gasteiger partial charge < -0.3 is 34.1 Å². The van der Waals surface area contributed by atoms with Crippen LogP contribution in [0.5, 0.6) is 11.5 Å². The van der Waals surface area contributed by atoms with Gasteiger partial charge in [0.05, 0.1) is 31.3 Å². The largest absolute Gasteiger partial charge is 0.493 e. The normalized spacial score (nSPS) is 18.8. The van der Waals surface area contributed by atoms with E-state index in [0.29, 0.717) is 50.4 Å². The van der Waals surface area contributed by atoms with Gasteiger partial charge in [0, 0.05) is 32.6 Å². The van der Waals surface area contributed by atoms with E-state index in [1.807, 2.05) is 74.4 Å². The van der Waals surface area contributed by atoms with Gasteiger partial charge in [-0.2, -0.15) is 0 Å². The first-order valence-electron chi connectivity index (χ1n) is 18.8. The maximum absolute atomic E-state index is 14.0. The van der Waals surface area contributed by atoms with E-state index in [0.717, 1.165) is 18.4 Å². The molecule has 0 radical (unpaired) electrons. The van der Waals surface area contributed by atoms with Crippen LogP contribution < -0.4 is 14.8 Å². The van der Waals surface area contributed by atoms with Gasteiger partial charge in [0.1, 0.15) is 11.3 Å². The highest BCUT2D eigenvalue weighted by molar-refractivity contribution is 5.81. The van der Waals surface area contributed by atoms with Crippen molar-refractivity contribution in [1.82, 2.24) is 10.2 Å². The van der Waals surface area contributed by atoms with E-state index in [1.165, 1.54) is 0 Å². The van der Waals surface area contributed by atoms with E-state index in [-0.39, 0.29) is 36.2 Å². The van der Waals surface area contributed by atoms with Gasteiger partial charge in [0.2, 0.25) is 5.91 Å². The molecule has 1 aliphatic heterocycles. The van der Waals surface area contributed by atoms with Crippen LogP contribution in [0.2, 0.25) is 0 Å². The molecule has 11 nitrogen and oxygen atoms in total. The fraction of sp³-hybridized carbons (Fsp3) is 0.775. The van der Waals surface area contributed by atoms with Crippen molar-refractivity contribution in [3.8, 4) is 11.5 Å². The maximum atomic E-state index is 14.0. The number of nitrogens with zero attached hydrogens (tertiary/aromatic N) is 1. The fourth-order valence-electron chi connectivity index (χ4n) is 6.95. The van der Waals surface area contributed by atoms with Crippen molar-refractivity contribution in [2.75, 3.05) is 34.0 Å². The minimum atomic E-state index is -1.03. The van der Waals surface area contributed by atoms with Crippen molar-refractivity contribution < 1.29 is 43.2 Å². The topological polar surface area (TPSA) is 133 Å². The molecule has 51 heavy (non-hydrogen) atoms. The molecular formula is C40H68N2O9. The molecule has 0 aromatic heterocycles. The van der Waals surface area contributed by atoms with Crippen LogP contribution in [0.1, 0.15) is 114 Å². The van der Waals surface area contributed by atoms with Crippen LogP contribution in [0.3, 0.4) is 0 Å². The summed E-state index contributed by atoms with van der Waals surface area (Å²) in [6, 6.07) is 5.63. The Bertz CT molecular complexity index is 1270. The molecule has 1 fully saturated rings. The van der Waals surface area contributed by atoms with E-state index >= 15 is 0 Å². The molecule has 1 saturated heterocycles. The van der Waals surface area contributed by atoms with E-state index in [1.54, 1.807) is 19.1 Å². The fourth-order valence-corrected chi connectivity index (χ4v) is 6.95. The first-order valence-corrected chi connectivity index (χ1v) is 18.8. The molecule has 0 spiro atoms. The summed E-state index contributed by atoms with van der Waals surface area (Å²) in [5.74, 6) is 0.0776. The van der Waals surface area contributed by atoms with Gasteiger partial charge in [-0.05, 0) is 102 Å². The molecule has 4 atom stereocenters. The van der Waals surface area contributed by atoms with Crippen molar-refractivity contribution in [2.45, 2.75) is 138 Å². The van der Waals surface area contributed by atoms with Gasteiger partial charge in [-0.25, -0.2) is 4.79 Å². The lowest BCUT2D eigenvalue weighted by molar-refractivity contribution is -0.149. The van der Waals surface area contributed by atoms with Crippen LogP contribution in [-0.2, 0) is 30.2 Å². The summed E-state index contributed by atoms with van der Waals surface area (Å²) in [6.45, 7) is 22.5. The van der Waals surface area contributed by atoms with Gasteiger partial charge in [-0.15, -0.1) is 0 Å². The summed E-state index contributed by atoms with van der Waals surface area (Å²) in [6.07, 6.45) is 2.34. The monoisotopic (exact) mass is 720 g/mol. The first kappa shape index (κ1) is 44.1. The summed E-state index contributed by atoms with van der Waals surface area (Å²) in [4.78, 5) is 41.7. The SMILES string of the molecule is CCC(CC)(CNC(=O)[C@@H](CC1OC(C)(C)N(C(=O)OC(C)(C)C)C1C[C@H](Cc1ccc(OC)c(OCCCOC)c1)C(C)C)C(C)C)C(=O)O. The molecule has 292 valence electrons. The number of aliphatic carboxylic acids is 1. The van der Waals surface area contributed by atoms with Crippen molar-refractivity contribution in [3.63, 3.8) is 0 Å². The van der Waals surface area contributed by atoms with E-state index < -0.39 is 40.8 Å². The number of hydrogen-bond donors (Lipinski definition) is 2. The van der Waals surface area contributed by atoms with Crippen molar-refractivity contribution >= 4 is 18.0 Å². The average Bonchev–Trinajstić information content (AvgIpc) is 3.29. The summed E-state index contributed by atoms with van der Waals surface area (Å²) >= 11 is 0. The van der Waals surface area contributed by atoms with Crippen LogP contribution in [0.15, 0.2) is 18.2 Å². The van der Waals surface area contributed by atoms with Crippen LogP contribution in [0, 0.1) is 29.1 Å². The van der Waals surface area contributed by atoms with Crippen molar-refractivity contribution in [3.05, 3.63) is 23.8 Å². The third-order valence-corrected chi connectivity index (χ3v) is 10.4. The molecule has 2 N–H and O–H groups in total. The number of nitrogens with one attached hydrogen (secondary N) is 1. The Labute approximate surface area is 307 Å². The second kappa shape index (κ2) is 19.1. The van der Waals surface area contributed by atoms with Crippen LogP contribution >= 0.6 is 0 Å². The Balaban J connectivity index is 2.48. The lowest BCUT2D eigenvalue weighted by Crippen LogP contribution is -2.51. The standard InChI is InChI=1S/C40H68N2O9/c1-14-40(15-2,36(44)45)25-41-35(43)30(27(5)6)24-33-31(42(39(10,11)50-33)37(46)51-38(7,8)9)23-29(26(3)4)21-28-17-18-32(48-13)34(22-28)49-20-16-19-47-12/h17-18,22,26-27,29-31,33H,14-16,19-21,23-25H2,1-13H3,(H,41,43)(H,44,45)/t29-,30-,31?,33?/m0/s1. The first-order chi connectivity index (χ1) is 23.7. The van der Waals surface area contributed by atoms with Gasteiger partial charge in [-0.1, -0.05) is 47.6 Å². The van der Waals surface area contributed by atoms with E-state index in [2.05, 4.69) is 25.2 Å². The number of methoxy groups -OCH3 is 2. The van der Waals surface area contributed by atoms with Gasteiger partial charge >= 0.3 is 12.1 Å². The lowest BCUT2D eigenvalue weighted by Gasteiger charge is -2.37. The average molecular weight is 721 g/mol. The highest BCUT2D eigenvalue weighted by Gasteiger charge is 2.52. The Hall–Kier alpha value is -3.05. The molecule has 1 aromatic carbocycles. The molecule has 1 aromatic rings. The van der Waals surface area contributed by atoms with Gasteiger partial charge in [0.15, 0.2) is 11.5 Å². The molecule has 0 aliphatic carbocycles. The lowest BCUT2D eigenvalue weighted by atomic mass is 9.80. The highest BCUT2D eigenvalue weighted by atomic mass is 16.6. The molecule has 0 bridgehead atoms. The number of hydrogen-bond acceptors (Lipinski definition) is 8. The molecule has 2 amide bonds. The van der Waals surface area contributed by atoms with Crippen LogP contribution in [0.25, 0.3) is 0 Å². The Morgan fingerprint density at radius 1 is 0.980 bits per heavy atom. The van der Waals surface area contributed by atoms with Crippen molar-refractivity contribution in [2.24, 2.45) is 29.1 Å². The number of rotatable bonds is 20. The van der Waals surface area contributed by atoms with Crippen LogP contribution in [0.4, 0.5) is 4.79 Å². The number of carboxylic acid groups (broad SMARTS) is 1. The molecule has 1 heterocycles. The Morgan fingerprint density at radius 3 is 2.14 bits per heavy atom. The minimum Gasteiger partial charge on any atom is -0.493 e. The number of carboxylic acids is 1. The zero-order valence-electron chi connectivity index (χ0n) is 33.7. The molecule has 0 saturated carbocycles. The highest BCUT2D eigenvalue weighted by Crippen LogP contribution is 2.42. The van der Waals surface area contributed by atoms with E-state index in [9.17, 15) is 19.5 Å². The predicted octanol–water partition coefficient (Wildman–Crippen LogP) is 7.73. The number of ether oxygens (including phenoxy) is 5. The third-order valence-electron chi connectivity index (χ3n) is 10.4. The van der Waals surface area contributed by atoms with Gasteiger partial charge in [0.25, 0.3) is 0 Å². The predicted molar refractivity (Wildman–Crippen MR) is 199 cm³/mol. The number of carbonyl (C=O) groups excluding carboxylic acids is 2. The van der Waals surface area contributed by atoms with Crippen molar-refractivity contribution in [1.29, 1.82) is 0 Å². The summed E-state index contributed by atoms with van der Waals surface area (Å²) in [7, 11) is 3.30. The Morgan fingerprint density at radius 2 is 1.63 bits per heavy atom. The number of carbonyl (C=O) groups is 3. The Kier molecular flexibility index (Phi) is 16.6. The second-order valence-corrected chi connectivity index (χ2v) is 16.2.